The van der Waals surface area contributed by atoms with Crippen LogP contribution in [0.5, 0.6) is 11.8 Å². The molecule has 4 aromatic rings. The van der Waals surface area contributed by atoms with E-state index in [9.17, 15) is 4.79 Å². The first kappa shape index (κ1) is 49.2. The molecule has 1 atom stereocenters. The number of benzene rings is 2. The second-order valence-corrected chi connectivity index (χ2v) is 26.0. The summed E-state index contributed by atoms with van der Waals surface area (Å²) in [4.78, 5) is 34.2. The quantitative estimate of drug-likeness (QED) is 0.0739. The van der Waals surface area contributed by atoms with Gasteiger partial charge in [-0.15, -0.1) is 5.54 Å². The fourth-order valence-corrected chi connectivity index (χ4v) is 15.2. The van der Waals surface area contributed by atoms with Crippen LogP contribution in [0.2, 0.25) is 16.6 Å². The lowest BCUT2D eigenvalue weighted by molar-refractivity contribution is 0.0231. The third-order valence-electron chi connectivity index (χ3n) is 13.4. The zero-order chi connectivity index (χ0) is 47.6. The first-order valence-corrected chi connectivity index (χ1v) is 25.7. The number of morpholine rings is 1. The third kappa shape index (κ3) is 11.0. The van der Waals surface area contributed by atoms with Crippen molar-refractivity contribution in [1.82, 2.24) is 30.1 Å². The second-order valence-electron chi connectivity index (χ2n) is 20.4. The summed E-state index contributed by atoms with van der Waals surface area (Å²) in [5.41, 5.74) is 4.29. The molecular weight excluding hydrogens is 861 g/mol. The average molecular weight is 930 g/mol. The minimum absolute atomic E-state index is 0.00136. The van der Waals surface area contributed by atoms with Crippen molar-refractivity contribution in [2.75, 3.05) is 91.5 Å². The Morgan fingerprint density at radius 2 is 1.70 bits per heavy atom. The first-order chi connectivity index (χ1) is 31.3. The summed E-state index contributed by atoms with van der Waals surface area (Å²) in [5.74, 6) is 2.93. The molecule has 2 aromatic carbocycles. The van der Waals surface area contributed by atoms with E-state index in [1.807, 2.05) is 32.7 Å². The van der Waals surface area contributed by atoms with Crippen LogP contribution in [-0.2, 0) is 14.2 Å². The molecule has 0 radical (unpaired) electrons. The van der Waals surface area contributed by atoms with Gasteiger partial charge in [-0.25, -0.2) is 13.6 Å². The van der Waals surface area contributed by atoms with Crippen LogP contribution in [0.25, 0.3) is 32.9 Å². The van der Waals surface area contributed by atoms with E-state index in [2.05, 4.69) is 68.1 Å². The number of methoxy groups -OCH3 is 1. The van der Waals surface area contributed by atoms with Gasteiger partial charge in [0.05, 0.1) is 36.8 Å². The molecule has 3 fully saturated rings. The van der Waals surface area contributed by atoms with Gasteiger partial charge in [-0.2, -0.15) is 9.97 Å². The molecule has 0 bridgehead atoms. The topological polar surface area (TPSA) is 124 Å². The van der Waals surface area contributed by atoms with E-state index in [4.69, 9.17) is 38.6 Å². The standard InChI is InChI=1S/C50H69F2N7O6Si/c1-32(2)66(33(3)4,34(5)6)23-14-38-41(51)13-12-35-24-37(64-31-61-11)25-39(42(35)38)44-43(52)45-40(26-53-44)46(59-18-17-57(10)27-36(28-59)54-48(60)65-49(7,8)9)56-47(55-45)63-30-50(15-16-50)29-58-19-21-62-22-20-58/h12-13,24-26,32-34,36H,15-22,27-31H2,1-11H3,(H,54,60)/t36-/m1/s1. The summed E-state index contributed by atoms with van der Waals surface area (Å²) in [7, 11) is 1.19. The van der Waals surface area contributed by atoms with Crippen molar-refractivity contribution in [1.29, 1.82) is 0 Å². The van der Waals surface area contributed by atoms with Gasteiger partial charge >= 0.3 is 12.1 Å². The maximum absolute atomic E-state index is 17.9. The largest absolute Gasteiger partial charge is 0.468 e. The SMILES string of the molecule is COCOc1cc(-c2ncc3c(N4CCN(C)C[C@@H](NC(=O)OC(C)(C)C)C4)nc(OCC4(CN5CCOCC5)CC4)nc3c2F)c2c(C#C[Si](C(C)C)(C(C)C)C(C)C)c(F)ccc2c1. The zero-order valence-corrected chi connectivity index (χ0v) is 41.8. The van der Waals surface area contributed by atoms with E-state index in [1.54, 1.807) is 24.4 Å². The highest BCUT2D eigenvalue weighted by Gasteiger charge is 2.45. The monoisotopic (exact) mass is 930 g/mol. The summed E-state index contributed by atoms with van der Waals surface area (Å²) in [5, 5.41) is 4.44. The molecule has 358 valence electrons. The smallest absolute Gasteiger partial charge is 0.407 e. The number of carbonyl (C=O) groups excluding carboxylic acids is 1. The maximum Gasteiger partial charge on any atom is 0.407 e. The highest BCUT2D eigenvalue weighted by atomic mass is 28.3. The molecule has 13 nitrogen and oxygen atoms in total. The molecule has 66 heavy (non-hydrogen) atoms. The van der Waals surface area contributed by atoms with Crippen LogP contribution in [0.4, 0.5) is 19.4 Å². The number of aromatic nitrogens is 3. The Morgan fingerprint density at radius 1 is 0.985 bits per heavy atom. The number of alkyl carbamates (subject to hydrolysis) is 1. The molecule has 2 aliphatic heterocycles. The van der Waals surface area contributed by atoms with Crippen molar-refractivity contribution >= 4 is 41.7 Å². The Morgan fingerprint density at radius 3 is 2.35 bits per heavy atom. The van der Waals surface area contributed by atoms with Gasteiger partial charge in [0.1, 0.15) is 42.3 Å². The van der Waals surface area contributed by atoms with Gasteiger partial charge in [0.2, 0.25) is 0 Å². The predicted octanol–water partition coefficient (Wildman–Crippen LogP) is 8.81. The molecular formula is C50H69F2N7O6Si. The molecule has 16 heteroatoms. The minimum atomic E-state index is -2.32. The highest BCUT2D eigenvalue weighted by molar-refractivity contribution is 6.90. The van der Waals surface area contributed by atoms with Crippen molar-refractivity contribution in [3.05, 3.63) is 47.7 Å². The van der Waals surface area contributed by atoms with Crippen LogP contribution >= 0.6 is 0 Å². The van der Waals surface area contributed by atoms with Crippen molar-refractivity contribution in [3.8, 4) is 34.5 Å². The van der Waals surface area contributed by atoms with E-state index in [0.29, 0.717) is 95.9 Å². The molecule has 2 saturated heterocycles. The minimum Gasteiger partial charge on any atom is -0.468 e. The van der Waals surface area contributed by atoms with Crippen LogP contribution in [0, 0.1) is 28.5 Å². The average Bonchev–Trinajstić information content (AvgIpc) is 4.05. The summed E-state index contributed by atoms with van der Waals surface area (Å²) in [6.45, 7) is 25.1. The van der Waals surface area contributed by atoms with Gasteiger partial charge in [0.25, 0.3) is 0 Å². The van der Waals surface area contributed by atoms with E-state index >= 15 is 8.78 Å². The normalized spacial score (nSPS) is 18.4. The molecule has 4 heterocycles. The summed E-state index contributed by atoms with van der Waals surface area (Å²) >= 11 is 0. The fourth-order valence-electron chi connectivity index (χ4n) is 9.96. The summed E-state index contributed by atoms with van der Waals surface area (Å²) in [6.07, 6.45) is 3.04. The Labute approximate surface area is 390 Å². The molecule has 0 unspecified atom stereocenters. The number of nitrogens with zero attached hydrogens (tertiary/aromatic N) is 6. The van der Waals surface area contributed by atoms with Crippen LogP contribution in [0.15, 0.2) is 30.5 Å². The number of hydrogen-bond acceptors (Lipinski definition) is 12. The molecule has 2 aromatic heterocycles. The van der Waals surface area contributed by atoms with Crippen molar-refractivity contribution < 1.29 is 37.3 Å². The first-order valence-electron chi connectivity index (χ1n) is 23.5. The number of pyridine rings is 1. The molecule has 3 aliphatic rings. The van der Waals surface area contributed by atoms with Gasteiger partial charge in [-0.3, -0.25) is 9.88 Å². The molecule has 1 aliphatic carbocycles. The van der Waals surface area contributed by atoms with E-state index < -0.39 is 31.4 Å². The molecule has 1 saturated carbocycles. The van der Waals surface area contributed by atoms with Crippen LogP contribution in [0.3, 0.4) is 0 Å². The number of halogens is 2. The highest BCUT2D eigenvalue weighted by Crippen LogP contribution is 2.47. The molecule has 1 N–H and O–H groups in total. The third-order valence-corrected chi connectivity index (χ3v) is 19.7. The molecule has 0 spiro atoms. The Bertz CT molecular complexity index is 2420. The number of likely N-dealkylation sites (N-methyl/N-ethyl adjacent to an activating group) is 1. The van der Waals surface area contributed by atoms with Gasteiger partial charge in [-0.05, 0) is 80.9 Å². The number of rotatable bonds is 14. The van der Waals surface area contributed by atoms with Crippen LogP contribution in [-0.4, -0.2) is 137 Å². The van der Waals surface area contributed by atoms with Gasteiger partial charge in [0, 0.05) is 75.5 Å². The Hall–Kier alpha value is -4.66. The fraction of sp³-hybridized carbons (Fsp3) is 0.600. The lowest BCUT2D eigenvalue weighted by Gasteiger charge is -2.38. The van der Waals surface area contributed by atoms with E-state index in [0.717, 1.165) is 32.5 Å². The predicted molar refractivity (Wildman–Crippen MR) is 258 cm³/mol. The van der Waals surface area contributed by atoms with Crippen LogP contribution < -0.4 is 19.7 Å². The summed E-state index contributed by atoms with van der Waals surface area (Å²) < 4.78 is 63.3. The Balaban J connectivity index is 1.39. The van der Waals surface area contributed by atoms with Crippen molar-refractivity contribution in [2.24, 2.45) is 5.41 Å². The van der Waals surface area contributed by atoms with E-state index in [1.165, 1.54) is 13.2 Å². The lowest BCUT2D eigenvalue weighted by atomic mass is 9.95. The number of hydrogen-bond donors (Lipinski definition) is 1. The number of anilines is 1. The van der Waals surface area contributed by atoms with Gasteiger partial charge in [0.15, 0.2) is 12.6 Å². The number of fused-ring (bicyclic) bond motifs is 2. The number of nitrogens with one attached hydrogen (secondary N) is 1. The molecule has 7 rings (SSSR count). The lowest BCUT2D eigenvalue weighted by Crippen LogP contribution is -2.48. The maximum atomic E-state index is 17.9. The zero-order valence-electron chi connectivity index (χ0n) is 40.8. The van der Waals surface area contributed by atoms with Crippen molar-refractivity contribution in [3.63, 3.8) is 0 Å². The number of ether oxygens (including phenoxy) is 5. The number of carbonyl (C=O) groups is 1. The second kappa shape index (κ2) is 20.3. The van der Waals surface area contributed by atoms with Crippen LogP contribution in [0.1, 0.15) is 80.7 Å². The van der Waals surface area contributed by atoms with Crippen molar-refractivity contribution in [2.45, 2.75) is 103 Å². The summed E-state index contributed by atoms with van der Waals surface area (Å²) in [6, 6.07) is 6.19. The number of amides is 1. The van der Waals surface area contributed by atoms with Gasteiger partial charge < -0.3 is 38.8 Å². The van der Waals surface area contributed by atoms with Gasteiger partial charge in [-0.1, -0.05) is 53.5 Å². The Kier molecular flexibility index (Phi) is 15.1. The van der Waals surface area contributed by atoms with E-state index in [-0.39, 0.29) is 41.0 Å². The molecule has 1 amide bonds.